The Bertz CT molecular complexity index is 888. The van der Waals surface area contributed by atoms with Gasteiger partial charge in [0.2, 0.25) is 0 Å². The summed E-state index contributed by atoms with van der Waals surface area (Å²) in [5.41, 5.74) is 2.53. The van der Waals surface area contributed by atoms with Gasteiger partial charge in [-0.05, 0) is 29.7 Å². The fraction of sp³-hybridized carbons (Fsp3) is 0.182. The number of aryl methyl sites for hydroxylation is 1. The molecule has 2 aromatic carbocycles. The Kier molecular flexibility index (Phi) is 6.05. The van der Waals surface area contributed by atoms with Gasteiger partial charge in [-0.1, -0.05) is 60.7 Å². The molecule has 0 saturated heterocycles. The van der Waals surface area contributed by atoms with E-state index in [1.165, 1.54) is 0 Å². The molecule has 3 aromatic rings. The van der Waals surface area contributed by atoms with Crippen molar-refractivity contribution in [1.82, 2.24) is 9.88 Å². The number of carbonyl (C=O) groups excluding carboxylic acids is 2. The van der Waals surface area contributed by atoms with E-state index in [-0.39, 0.29) is 18.6 Å². The van der Waals surface area contributed by atoms with E-state index < -0.39 is 5.97 Å². The van der Waals surface area contributed by atoms with Crippen LogP contribution in [-0.2, 0) is 23.0 Å². The minimum Gasteiger partial charge on any atom is -0.451 e. The van der Waals surface area contributed by atoms with Crippen LogP contribution in [0.2, 0.25) is 0 Å². The molecule has 3 rings (SSSR count). The fourth-order valence-corrected chi connectivity index (χ4v) is 2.90. The van der Waals surface area contributed by atoms with Crippen molar-refractivity contribution >= 4 is 11.9 Å². The van der Waals surface area contributed by atoms with Crippen LogP contribution in [-0.4, -0.2) is 23.1 Å². The monoisotopic (exact) mass is 362 g/mol. The van der Waals surface area contributed by atoms with Gasteiger partial charge in [-0.3, -0.25) is 4.79 Å². The number of esters is 1. The molecule has 0 aliphatic rings. The number of nitrogens with one attached hydrogen (secondary N) is 1. The first-order valence-electron chi connectivity index (χ1n) is 8.80. The molecule has 0 fully saturated rings. The Balaban J connectivity index is 1.64. The molecule has 0 radical (unpaired) electrons. The van der Waals surface area contributed by atoms with Gasteiger partial charge in [-0.2, -0.15) is 0 Å². The second-order valence-corrected chi connectivity index (χ2v) is 6.30. The Morgan fingerprint density at radius 1 is 0.963 bits per heavy atom. The molecule has 0 unspecified atom stereocenters. The zero-order chi connectivity index (χ0) is 19.1. The van der Waals surface area contributed by atoms with E-state index in [1.54, 1.807) is 29.9 Å². The molecular formula is C22H22N2O3. The van der Waals surface area contributed by atoms with Gasteiger partial charge in [0.05, 0.1) is 6.04 Å². The smallest absolute Gasteiger partial charge is 0.355 e. The fourth-order valence-electron chi connectivity index (χ4n) is 2.90. The first kappa shape index (κ1) is 18.5. The summed E-state index contributed by atoms with van der Waals surface area (Å²) < 4.78 is 6.80. The van der Waals surface area contributed by atoms with E-state index in [0.29, 0.717) is 12.1 Å². The second kappa shape index (κ2) is 8.85. The van der Waals surface area contributed by atoms with Gasteiger partial charge < -0.3 is 14.6 Å². The number of carbonyl (C=O) groups is 2. The maximum atomic E-state index is 12.4. The highest BCUT2D eigenvalue weighted by molar-refractivity contribution is 5.90. The van der Waals surface area contributed by atoms with Crippen LogP contribution in [0.1, 0.15) is 27.7 Å². The maximum absolute atomic E-state index is 12.4. The summed E-state index contributed by atoms with van der Waals surface area (Å²) in [7, 11) is 1.75. The molecule has 1 heterocycles. The molecule has 5 nitrogen and oxygen atoms in total. The second-order valence-electron chi connectivity index (χ2n) is 6.30. The molecule has 1 atom stereocenters. The Morgan fingerprint density at radius 3 is 2.26 bits per heavy atom. The van der Waals surface area contributed by atoms with E-state index in [4.69, 9.17) is 4.74 Å². The summed E-state index contributed by atoms with van der Waals surface area (Å²) in [6.07, 6.45) is 2.41. The molecule has 0 aliphatic heterocycles. The summed E-state index contributed by atoms with van der Waals surface area (Å²) in [5.74, 6) is -0.848. The SMILES string of the molecule is Cn1cccc1C(=O)OCC(=O)N[C@H](Cc1ccccc1)c1ccccc1. The van der Waals surface area contributed by atoms with Crippen molar-refractivity contribution in [3.63, 3.8) is 0 Å². The van der Waals surface area contributed by atoms with Crippen molar-refractivity contribution in [3.8, 4) is 0 Å². The summed E-state index contributed by atoms with van der Waals surface area (Å²) in [6, 6.07) is 22.9. The van der Waals surface area contributed by atoms with Gasteiger partial charge in [0.1, 0.15) is 5.69 Å². The first-order chi connectivity index (χ1) is 13.1. The predicted molar refractivity (Wildman–Crippen MR) is 103 cm³/mol. The van der Waals surface area contributed by atoms with Crippen LogP contribution < -0.4 is 5.32 Å². The highest BCUT2D eigenvalue weighted by Crippen LogP contribution is 2.18. The number of benzene rings is 2. The lowest BCUT2D eigenvalue weighted by Gasteiger charge is -2.19. The van der Waals surface area contributed by atoms with Crippen LogP contribution in [0.25, 0.3) is 0 Å². The quantitative estimate of drug-likeness (QED) is 0.656. The van der Waals surface area contributed by atoms with Crippen LogP contribution in [0, 0.1) is 0 Å². The number of nitrogens with zero attached hydrogens (tertiary/aromatic N) is 1. The van der Waals surface area contributed by atoms with Crippen molar-refractivity contribution < 1.29 is 14.3 Å². The van der Waals surface area contributed by atoms with E-state index in [2.05, 4.69) is 5.32 Å². The molecule has 0 aliphatic carbocycles. The van der Waals surface area contributed by atoms with Gasteiger partial charge in [0.25, 0.3) is 5.91 Å². The zero-order valence-electron chi connectivity index (χ0n) is 15.2. The molecule has 138 valence electrons. The largest absolute Gasteiger partial charge is 0.451 e. The van der Waals surface area contributed by atoms with Crippen LogP contribution in [0.3, 0.4) is 0 Å². The van der Waals surface area contributed by atoms with E-state index in [1.807, 2.05) is 60.7 Å². The maximum Gasteiger partial charge on any atom is 0.355 e. The lowest BCUT2D eigenvalue weighted by molar-refractivity contribution is -0.125. The van der Waals surface area contributed by atoms with Gasteiger partial charge in [-0.25, -0.2) is 4.79 Å². The lowest BCUT2D eigenvalue weighted by atomic mass is 9.99. The third kappa shape index (κ3) is 5.07. The molecule has 0 spiro atoms. The summed E-state index contributed by atoms with van der Waals surface area (Å²) in [4.78, 5) is 24.4. The predicted octanol–water partition coefficient (Wildman–Crippen LogP) is 3.28. The first-order valence-corrected chi connectivity index (χ1v) is 8.80. The molecular weight excluding hydrogens is 340 g/mol. The summed E-state index contributed by atoms with van der Waals surface area (Å²) in [5, 5.41) is 2.97. The number of aromatic nitrogens is 1. The Hall–Kier alpha value is -3.34. The molecule has 0 bridgehead atoms. The average molecular weight is 362 g/mol. The molecule has 1 amide bonds. The van der Waals surface area contributed by atoms with E-state index in [9.17, 15) is 9.59 Å². The molecule has 1 N–H and O–H groups in total. The lowest BCUT2D eigenvalue weighted by Crippen LogP contribution is -2.33. The van der Waals surface area contributed by atoms with Crippen molar-refractivity contribution in [1.29, 1.82) is 0 Å². The van der Waals surface area contributed by atoms with Crippen molar-refractivity contribution in [2.45, 2.75) is 12.5 Å². The standard InChI is InChI=1S/C22H22N2O3/c1-24-14-8-13-20(24)22(26)27-16-21(25)23-19(18-11-6-3-7-12-18)15-17-9-4-2-5-10-17/h2-14,19H,15-16H2,1H3,(H,23,25)/t19-/m1/s1. The van der Waals surface area contributed by atoms with Gasteiger partial charge in [-0.15, -0.1) is 0 Å². The zero-order valence-corrected chi connectivity index (χ0v) is 15.2. The number of hydrogen-bond donors (Lipinski definition) is 1. The van der Waals surface area contributed by atoms with Crippen LogP contribution in [0.15, 0.2) is 79.0 Å². The van der Waals surface area contributed by atoms with E-state index in [0.717, 1.165) is 11.1 Å². The molecule has 5 heteroatoms. The number of hydrogen-bond acceptors (Lipinski definition) is 3. The van der Waals surface area contributed by atoms with Gasteiger partial charge in [0, 0.05) is 13.2 Å². The summed E-state index contributed by atoms with van der Waals surface area (Å²) in [6.45, 7) is -0.317. The highest BCUT2D eigenvalue weighted by Gasteiger charge is 2.17. The third-order valence-electron chi connectivity index (χ3n) is 4.31. The molecule has 1 aromatic heterocycles. The van der Waals surface area contributed by atoms with Gasteiger partial charge in [0.15, 0.2) is 6.61 Å². The Morgan fingerprint density at radius 2 is 1.63 bits per heavy atom. The van der Waals surface area contributed by atoms with Crippen LogP contribution in [0.4, 0.5) is 0 Å². The Labute approximate surface area is 158 Å². The topological polar surface area (TPSA) is 60.3 Å². The average Bonchev–Trinajstić information content (AvgIpc) is 3.13. The number of rotatable bonds is 7. The third-order valence-corrected chi connectivity index (χ3v) is 4.31. The molecule has 0 saturated carbocycles. The normalized spacial score (nSPS) is 11.6. The number of ether oxygens (including phenoxy) is 1. The minimum absolute atomic E-state index is 0.199. The van der Waals surface area contributed by atoms with Crippen molar-refractivity contribution in [2.75, 3.05) is 6.61 Å². The molecule has 27 heavy (non-hydrogen) atoms. The minimum atomic E-state index is -0.517. The van der Waals surface area contributed by atoms with Crippen molar-refractivity contribution in [3.05, 3.63) is 95.8 Å². The highest BCUT2D eigenvalue weighted by atomic mass is 16.5. The van der Waals surface area contributed by atoms with E-state index >= 15 is 0 Å². The number of amides is 1. The van der Waals surface area contributed by atoms with Gasteiger partial charge >= 0.3 is 5.97 Å². The van der Waals surface area contributed by atoms with Crippen molar-refractivity contribution in [2.24, 2.45) is 7.05 Å². The van der Waals surface area contributed by atoms with Crippen LogP contribution >= 0.6 is 0 Å². The summed E-state index contributed by atoms with van der Waals surface area (Å²) >= 11 is 0. The van der Waals surface area contributed by atoms with Crippen LogP contribution in [0.5, 0.6) is 0 Å².